The van der Waals surface area contributed by atoms with E-state index in [2.05, 4.69) is 10.0 Å². The highest BCUT2D eigenvalue weighted by Gasteiger charge is 2.15. The van der Waals surface area contributed by atoms with Crippen LogP contribution in [0.2, 0.25) is 0 Å². The van der Waals surface area contributed by atoms with E-state index in [-0.39, 0.29) is 30.6 Å². The fraction of sp³-hybridized carbons (Fsp3) is 0.250. The lowest BCUT2D eigenvalue weighted by Crippen LogP contribution is -2.37. The number of rotatable bonds is 11. The second-order valence-corrected chi connectivity index (χ2v) is 9.47. The second kappa shape index (κ2) is 11.2. The highest BCUT2D eigenvalue weighted by atomic mass is 32.2. The molecule has 0 aliphatic heterocycles. The van der Waals surface area contributed by atoms with Crippen LogP contribution in [0.25, 0.3) is 0 Å². The van der Waals surface area contributed by atoms with Gasteiger partial charge in [0, 0.05) is 12.6 Å². The van der Waals surface area contributed by atoms with Gasteiger partial charge in [-0.25, -0.2) is 8.42 Å². The zero-order valence-corrected chi connectivity index (χ0v) is 19.0. The van der Waals surface area contributed by atoms with Gasteiger partial charge >= 0.3 is 0 Å². The van der Waals surface area contributed by atoms with Crippen LogP contribution >= 0.6 is 0 Å². The van der Waals surface area contributed by atoms with E-state index < -0.39 is 16.1 Å². The van der Waals surface area contributed by atoms with Crippen LogP contribution in [-0.2, 0) is 16.4 Å². The van der Waals surface area contributed by atoms with Gasteiger partial charge in [0.2, 0.25) is 10.0 Å². The molecule has 8 nitrogen and oxygen atoms in total. The first-order valence-corrected chi connectivity index (χ1v) is 12.3. The Morgan fingerprint density at radius 3 is 2.27 bits per heavy atom. The molecule has 0 aliphatic rings. The molecule has 0 saturated heterocycles. The molecule has 9 heteroatoms. The molecule has 3 aromatic carbocycles. The van der Waals surface area contributed by atoms with E-state index in [9.17, 15) is 23.7 Å². The van der Waals surface area contributed by atoms with Gasteiger partial charge in [0.25, 0.3) is 0 Å². The number of anilines is 1. The summed E-state index contributed by atoms with van der Waals surface area (Å²) < 4.78 is 30.9. The van der Waals surface area contributed by atoms with Crippen molar-refractivity contribution in [2.75, 3.05) is 24.1 Å². The first kappa shape index (κ1) is 24.5. The number of sulfonamides is 1. The summed E-state index contributed by atoms with van der Waals surface area (Å²) in [6, 6.07) is 20.9. The Kier molecular flexibility index (Phi) is 8.29. The van der Waals surface area contributed by atoms with Crippen LogP contribution in [0.5, 0.6) is 17.2 Å². The van der Waals surface area contributed by atoms with Gasteiger partial charge in [0.15, 0.2) is 0 Å². The predicted molar refractivity (Wildman–Crippen MR) is 127 cm³/mol. The third-order valence-electron chi connectivity index (χ3n) is 4.91. The van der Waals surface area contributed by atoms with Gasteiger partial charge < -0.3 is 25.4 Å². The Labute approximate surface area is 193 Å². The van der Waals surface area contributed by atoms with Crippen LogP contribution in [-0.4, -0.2) is 49.2 Å². The predicted octanol–water partition coefficient (Wildman–Crippen LogP) is 2.78. The molecule has 0 saturated carbocycles. The lowest BCUT2D eigenvalue weighted by Gasteiger charge is -2.20. The Bertz CT molecular complexity index is 1140. The van der Waals surface area contributed by atoms with Crippen molar-refractivity contribution in [1.82, 2.24) is 5.32 Å². The monoisotopic (exact) mass is 472 g/mol. The quantitative estimate of drug-likeness (QED) is 0.272. The summed E-state index contributed by atoms with van der Waals surface area (Å²) in [5.74, 6) is 1.22. The number of aliphatic hydroxyl groups is 2. The summed E-state index contributed by atoms with van der Waals surface area (Å²) in [6.07, 6.45) is 0.538. The standard InChI is InChI=1S/C24H28N2O6S/c1-33(30,31)26-22-14-18(9-12-23(22)28)24(29)15-25-19(16-27)13-17-7-10-21(11-8-17)32-20-5-3-2-4-6-20/h2-12,14,19,24-29H,13,15-16H2,1H3/t19-,24?/m0/s1. The smallest absolute Gasteiger partial charge is 0.229 e. The molecule has 3 rings (SSSR count). The molecular formula is C24H28N2O6S. The number of hydrogen-bond donors (Lipinski definition) is 5. The fourth-order valence-electron chi connectivity index (χ4n) is 3.24. The maximum absolute atomic E-state index is 11.4. The molecule has 0 aromatic heterocycles. The van der Waals surface area contributed by atoms with Gasteiger partial charge in [0.05, 0.1) is 24.7 Å². The van der Waals surface area contributed by atoms with Crippen molar-refractivity contribution < 1.29 is 28.5 Å². The molecule has 2 atom stereocenters. The molecule has 5 N–H and O–H groups in total. The Balaban J connectivity index is 1.56. The number of nitrogens with one attached hydrogen (secondary N) is 2. The van der Waals surface area contributed by atoms with E-state index in [0.717, 1.165) is 17.6 Å². The minimum absolute atomic E-state index is 0.00873. The van der Waals surface area contributed by atoms with Crippen LogP contribution in [0.4, 0.5) is 5.69 Å². The highest BCUT2D eigenvalue weighted by Crippen LogP contribution is 2.28. The number of para-hydroxylation sites is 1. The third kappa shape index (κ3) is 7.76. The van der Waals surface area contributed by atoms with Crippen LogP contribution in [0, 0.1) is 0 Å². The number of ether oxygens (including phenoxy) is 1. The summed E-state index contributed by atoms with van der Waals surface area (Å²) in [7, 11) is -3.58. The van der Waals surface area contributed by atoms with E-state index in [1.165, 1.54) is 18.2 Å². The van der Waals surface area contributed by atoms with Gasteiger partial charge in [0.1, 0.15) is 17.2 Å². The average molecular weight is 473 g/mol. The zero-order valence-electron chi connectivity index (χ0n) is 18.2. The highest BCUT2D eigenvalue weighted by molar-refractivity contribution is 7.92. The number of aromatic hydroxyl groups is 1. The summed E-state index contributed by atoms with van der Waals surface area (Å²) in [4.78, 5) is 0. The molecule has 33 heavy (non-hydrogen) atoms. The van der Waals surface area contributed by atoms with Crippen molar-refractivity contribution in [3.63, 3.8) is 0 Å². The SMILES string of the molecule is CS(=O)(=O)Nc1cc(C(O)CN[C@H](CO)Cc2ccc(Oc3ccccc3)cc2)ccc1O. The molecule has 0 heterocycles. The van der Waals surface area contributed by atoms with Crippen molar-refractivity contribution >= 4 is 15.7 Å². The molecule has 176 valence electrons. The number of phenolic OH excluding ortho intramolecular Hbond substituents is 1. The molecular weight excluding hydrogens is 444 g/mol. The van der Waals surface area contributed by atoms with Crippen LogP contribution < -0.4 is 14.8 Å². The molecule has 1 unspecified atom stereocenters. The van der Waals surface area contributed by atoms with Gasteiger partial charge in [-0.3, -0.25) is 4.72 Å². The van der Waals surface area contributed by atoms with Crippen molar-refractivity contribution in [3.05, 3.63) is 83.9 Å². The van der Waals surface area contributed by atoms with E-state index in [0.29, 0.717) is 17.7 Å². The molecule has 0 radical (unpaired) electrons. The van der Waals surface area contributed by atoms with Gasteiger partial charge in [-0.05, 0) is 53.9 Å². The summed E-state index contributed by atoms with van der Waals surface area (Å²) in [5.41, 5.74) is 1.40. The van der Waals surface area contributed by atoms with Gasteiger partial charge in [-0.15, -0.1) is 0 Å². The Morgan fingerprint density at radius 1 is 0.970 bits per heavy atom. The lowest BCUT2D eigenvalue weighted by atomic mass is 10.0. The molecule has 0 spiro atoms. The lowest BCUT2D eigenvalue weighted by molar-refractivity contribution is 0.158. The molecule has 0 aliphatic carbocycles. The summed E-state index contributed by atoms with van der Waals surface area (Å²) in [6.45, 7) is -0.00499. The zero-order chi connectivity index (χ0) is 23.8. The number of benzene rings is 3. The maximum atomic E-state index is 11.4. The van der Waals surface area contributed by atoms with Crippen LogP contribution in [0.1, 0.15) is 17.2 Å². The van der Waals surface area contributed by atoms with E-state index in [4.69, 9.17) is 4.74 Å². The normalized spacial score (nSPS) is 13.3. The van der Waals surface area contributed by atoms with Gasteiger partial charge in [-0.2, -0.15) is 0 Å². The molecule has 3 aromatic rings. The number of phenols is 1. The average Bonchev–Trinajstić information content (AvgIpc) is 2.79. The topological polar surface area (TPSA) is 128 Å². The van der Waals surface area contributed by atoms with Crippen molar-refractivity contribution in [2.45, 2.75) is 18.6 Å². The minimum atomic E-state index is -3.58. The van der Waals surface area contributed by atoms with Crippen molar-refractivity contribution in [2.24, 2.45) is 0 Å². The van der Waals surface area contributed by atoms with Crippen LogP contribution in [0.15, 0.2) is 72.8 Å². The number of hydrogen-bond acceptors (Lipinski definition) is 7. The summed E-state index contributed by atoms with van der Waals surface area (Å²) >= 11 is 0. The van der Waals surface area contributed by atoms with Crippen molar-refractivity contribution in [3.8, 4) is 17.2 Å². The maximum Gasteiger partial charge on any atom is 0.229 e. The van der Waals surface area contributed by atoms with E-state index >= 15 is 0 Å². The fourth-order valence-corrected chi connectivity index (χ4v) is 3.81. The van der Waals surface area contributed by atoms with E-state index in [1.54, 1.807) is 0 Å². The number of aliphatic hydroxyl groups excluding tert-OH is 2. The molecule has 0 fully saturated rings. The van der Waals surface area contributed by atoms with Crippen LogP contribution in [0.3, 0.4) is 0 Å². The Morgan fingerprint density at radius 2 is 1.64 bits per heavy atom. The first-order chi connectivity index (χ1) is 15.7. The second-order valence-electron chi connectivity index (χ2n) is 7.72. The van der Waals surface area contributed by atoms with Gasteiger partial charge in [-0.1, -0.05) is 36.4 Å². The third-order valence-corrected chi connectivity index (χ3v) is 5.50. The first-order valence-electron chi connectivity index (χ1n) is 10.4. The minimum Gasteiger partial charge on any atom is -0.506 e. The molecule has 0 bridgehead atoms. The van der Waals surface area contributed by atoms with E-state index in [1.807, 2.05) is 54.6 Å². The van der Waals surface area contributed by atoms with Crippen molar-refractivity contribution in [1.29, 1.82) is 0 Å². The summed E-state index contributed by atoms with van der Waals surface area (Å²) in [5, 5.41) is 33.2. The largest absolute Gasteiger partial charge is 0.506 e. The molecule has 0 amide bonds. The Hall–Kier alpha value is -3.11.